The Balaban J connectivity index is 1.18. The first-order chi connectivity index (χ1) is 20.8. The van der Waals surface area contributed by atoms with Gasteiger partial charge in [-0.15, -0.1) is 22.7 Å². The van der Waals surface area contributed by atoms with Crippen molar-refractivity contribution in [1.82, 2.24) is 9.97 Å². The first-order valence-electron chi connectivity index (χ1n) is 14.0. The fourth-order valence-corrected chi connectivity index (χ4v) is 8.31. The van der Waals surface area contributed by atoms with Crippen LogP contribution in [0.15, 0.2) is 133 Å². The summed E-state index contributed by atoms with van der Waals surface area (Å²) < 4.78 is 3.86. The lowest BCUT2D eigenvalue weighted by Gasteiger charge is -2.12. The molecule has 0 aliphatic heterocycles. The highest BCUT2D eigenvalue weighted by molar-refractivity contribution is 7.26. The molecule has 0 saturated carbocycles. The van der Waals surface area contributed by atoms with E-state index >= 15 is 0 Å². The fraction of sp³-hybridized carbons (Fsp3) is 0. The van der Waals surface area contributed by atoms with E-state index < -0.39 is 0 Å². The Labute approximate surface area is 250 Å². The van der Waals surface area contributed by atoms with Gasteiger partial charge in [0.2, 0.25) is 0 Å². The van der Waals surface area contributed by atoms with Crippen LogP contribution in [0.2, 0.25) is 0 Å². The molecule has 196 valence electrons. The third kappa shape index (κ3) is 3.69. The summed E-state index contributed by atoms with van der Waals surface area (Å²) in [7, 11) is 0. The quantitative estimate of drug-likeness (QED) is 0.197. The van der Waals surface area contributed by atoms with Crippen molar-refractivity contribution in [2.24, 2.45) is 0 Å². The second-order valence-corrected chi connectivity index (χ2v) is 12.7. The lowest BCUT2D eigenvalue weighted by Crippen LogP contribution is -1.90. The van der Waals surface area contributed by atoms with Gasteiger partial charge in [0.25, 0.3) is 0 Å². The Bertz CT molecular complexity index is 2430. The van der Waals surface area contributed by atoms with Gasteiger partial charge in [-0.05, 0) is 41.5 Å². The summed E-state index contributed by atoms with van der Waals surface area (Å²) >= 11 is 3.62. The lowest BCUT2D eigenvalue weighted by molar-refractivity contribution is 1.43. The Kier molecular flexibility index (Phi) is 5.27. The predicted octanol–water partition coefficient (Wildman–Crippen LogP) is 11.4. The summed E-state index contributed by atoms with van der Waals surface area (Å²) in [6.07, 6.45) is 0. The molecule has 0 aliphatic rings. The van der Waals surface area contributed by atoms with Crippen LogP contribution in [-0.2, 0) is 0 Å². The molecule has 9 aromatic rings. The van der Waals surface area contributed by atoms with E-state index in [1.54, 1.807) is 11.3 Å². The number of hydrogen-bond acceptors (Lipinski definition) is 4. The number of hydrogen-bond donors (Lipinski definition) is 0. The number of aromatic nitrogens is 2. The molecular formula is C38H22N2S2. The van der Waals surface area contributed by atoms with E-state index in [-0.39, 0.29) is 0 Å². The van der Waals surface area contributed by atoms with Crippen LogP contribution in [0, 0.1) is 0 Å². The van der Waals surface area contributed by atoms with Crippen molar-refractivity contribution in [3.8, 4) is 33.0 Å². The molecule has 0 fully saturated rings. The topological polar surface area (TPSA) is 25.8 Å². The number of para-hydroxylation sites is 2. The van der Waals surface area contributed by atoms with Gasteiger partial charge in [0, 0.05) is 47.5 Å². The van der Waals surface area contributed by atoms with Gasteiger partial charge >= 0.3 is 0 Å². The number of rotatable bonds is 3. The molecule has 9 rings (SSSR count). The van der Waals surface area contributed by atoms with Gasteiger partial charge in [0.1, 0.15) is 5.01 Å². The summed E-state index contributed by atoms with van der Waals surface area (Å²) in [6.45, 7) is 0. The van der Waals surface area contributed by atoms with E-state index in [9.17, 15) is 0 Å². The van der Waals surface area contributed by atoms with Gasteiger partial charge in [0.05, 0.1) is 21.4 Å². The van der Waals surface area contributed by atoms with Crippen LogP contribution in [0.25, 0.3) is 85.0 Å². The molecule has 42 heavy (non-hydrogen) atoms. The van der Waals surface area contributed by atoms with Gasteiger partial charge in [-0.25, -0.2) is 9.97 Å². The summed E-state index contributed by atoms with van der Waals surface area (Å²) in [5, 5.41) is 7.37. The van der Waals surface area contributed by atoms with Gasteiger partial charge in [-0.3, -0.25) is 0 Å². The Morgan fingerprint density at radius 1 is 0.405 bits per heavy atom. The highest BCUT2D eigenvalue weighted by Gasteiger charge is 2.16. The molecule has 2 nitrogen and oxygen atoms in total. The maximum absolute atomic E-state index is 5.21. The van der Waals surface area contributed by atoms with E-state index in [1.165, 1.54) is 52.2 Å². The number of fused-ring (bicyclic) bond motifs is 8. The average molecular weight is 571 g/mol. The Morgan fingerprint density at radius 3 is 1.95 bits per heavy atom. The van der Waals surface area contributed by atoms with Gasteiger partial charge in [-0.2, -0.15) is 0 Å². The van der Waals surface area contributed by atoms with Crippen LogP contribution < -0.4 is 0 Å². The second kappa shape index (κ2) is 9.31. The molecular weight excluding hydrogens is 549 g/mol. The Morgan fingerprint density at radius 2 is 1.10 bits per heavy atom. The van der Waals surface area contributed by atoms with Crippen molar-refractivity contribution in [3.63, 3.8) is 0 Å². The fourth-order valence-electron chi connectivity index (χ4n) is 6.08. The van der Waals surface area contributed by atoms with Crippen LogP contribution in [0.1, 0.15) is 0 Å². The van der Waals surface area contributed by atoms with Crippen molar-refractivity contribution in [2.45, 2.75) is 0 Å². The lowest BCUT2D eigenvalue weighted by atomic mass is 9.96. The van der Waals surface area contributed by atoms with Crippen molar-refractivity contribution < 1.29 is 0 Å². The number of thiazole rings is 1. The van der Waals surface area contributed by atoms with E-state index in [0.29, 0.717) is 0 Å². The normalized spacial score (nSPS) is 11.8. The number of nitrogens with zero attached hydrogens (tertiary/aromatic N) is 2. The summed E-state index contributed by atoms with van der Waals surface area (Å²) in [5.41, 5.74) is 7.73. The number of pyridine rings is 1. The monoisotopic (exact) mass is 570 g/mol. The van der Waals surface area contributed by atoms with Gasteiger partial charge in [0.15, 0.2) is 0 Å². The third-order valence-electron chi connectivity index (χ3n) is 8.10. The van der Waals surface area contributed by atoms with Crippen molar-refractivity contribution in [1.29, 1.82) is 0 Å². The third-order valence-corrected chi connectivity index (χ3v) is 10.4. The van der Waals surface area contributed by atoms with Crippen LogP contribution in [0.3, 0.4) is 0 Å². The minimum Gasteiger partial charge on any atom is -0.247 e. The first kappa shape index (κ1) is 23.8. The van der Waals surface area contributed by atoms with E-state index in [0.717, 1.165) is 32.9 Å². The SMILES string of the molecule is c1cc(-c2ccc(-c3nc4ccccc4c4c3ccc3c5ccccc5sc34)cc2)cc(-c2nc3ccccc3s2)c1. The maximum atomic E-state index is 5.21. The van der Waals surface area contributed by atoms with Gasteiger partial charge in [-0.1, -0.05) is 103 Å². The molecule has 6 aromatic carbocycles. The molecule has 0 unspecified atom stereocenters. The first-order valence-corrected chi connectivity index (χ1v) is 15.6. The zero-order valence-corrected chi connectivity index (χ0v) is 24.0. The molecule has 0 aliphatic carbocycles. The molecule has 3 heterocycles. The molecule has 0 amide bonds. The van der Waals surface area contributed by atoms with Crippen molar-refractivity contribution in [3.05, 3.63) is 133 Å². The predicted molar refractivity (Wildman–Crippen MR) is 182 cm³/mol. The Hall–Kier alpha value is -4.90. The van der Waals surface area contributed by atoms with Crippen molar-refractivity contribution in [2.75, 3.05) is 0 Å². The highest BCUT2D eigenvalue weighted by Crippen LogP contribution is 2.43. The average Bonchev–Trinajstić information content (AvgIpc) is 3.66. The van der Waals surface area contributed by atoms with Gasteiger partial charge < -0.3 is 0 Å². The molecule has 0 radical (unpaired) electrons. The van der Waals surface area contributed by atoms with Crippen molar-refractivity contribution >= 4 is 74.7 Å². The summed E-state index contributed by atoms with van der Waals surface area (Å²) in [5.74, 6) is 0. The molecule has 3 aromatic heterocycles. The highest BCUT2D eigenvalue weighted by atomic mass is 32.1. The standard InChI is InChI=1S/C38H22N2S2/c1-3-12-31-29(11-1)35-30(21-20-28-27-10-2-5-14-33(27)41-37(28)35)36(39-31)24-18-16-23(17-19-24)25-8-7-9-26(22-25)38-40-32-13-4-6-15-34(32)42-38/h1-22H. The molecule has 0 bridgehead atoms. The number of thiophene rings is 1. The van der Waals surface area contributed by atoms with Crippen LogP contribution >= 0.6 is 22.7 Å². The zero-order chi connectivity index (χ0) is 27.6. The molecule has 0 N–H and O–H groups in total. The maximum Gasteiger partial charge on any atom is 0.124 e. The van der Waals surface area contributed by atoms with E-state index in [4.69, 9.17) is 9.97 Å². The molecule has 0 atom stereocenters. The summed E-state index contributed by atoms with van der Waals surface area (Å²) in [4.78, 5) is 10.1. The smallest absolute Gasteiger partial charge is 0.124 e. The molecule has 0 saturated heterocycles. The minimum absolute atomic E-state index is 1.03. The summed E-state index contributed by atoms with van der Waals surface area (Å²) in [6, 6.07) is 47.7. The zero-order valence-electron chi connectivity index (χ0n) is 22.4. The van der Waals surface area contributed by atoms with Crippen LogP contribution in [0.4, 0.5) is 0 Å². The molecule has 4 heteroatoms. The minimum atomic E-state index is 1.03. The largest absolute Gasteiger partial charge is 0.247 e. The number of benzene rings is 6. The van der Waals surface area contributed by atoms with Crippen LogP contribution in [0.5, 0.6) is 0 Å². The van der Waals surface area contributed by atoms with E-state index in [1.807, 2.05) is 17.4 Å². The van der Waals surface area contributed by atoms with Crippen LogP contribution in [-0.4, -0.2) is 9.97 Å². The molecule has 0 spiro atoms. The second-order valence-electron chi connectivity index (χ2n) is 10.6. The van der Waals surface area contributed by atoms with E-state index in [2.05, 4.69) is 127 Å².